The summed E-state index contributed by atoms with van der Waals surface area (Å²) in [6.07, 6.45) is 29.6. The highest BCUT2D eigenvalue weighted by Crippen LogP contribution is 2.41. The van der Waals surface area contributed by atoms with Crippen molar-refractivity contribution in [2.75, 3.05) is 11.5 Å². The van der Waals surface area contributed by atoms with Gasteiger partial charge in [0, 0.05) is 164 Å². The number of aliphatic hydroxyl groups is 1. The monoisotopic (exact) mass is 1550 g/mol. The van der Waals surface area contributed by atoms with Crippen LogP contribution in [0.15, 0.2) is 328 Å². The van der Waals surface area contributed by atoms with Crippen molar-refractivity contribution in [3.05, 3.63) is 379 Å². The lowest BCUT2D eigenvalue weighted by atomic mass is 9.96. The first-order valence-corrected chi connectivity index (χ1v) is 38.6. The highest BCUT2D eigenvalue weighted by Gasteiger charge is 2.24. The number of benzene rings is 7. The average Bonchev–Trinajstić information content (AvgIpc) is 1.71. The molecule has 15 nitrogen and oxygen atoms in total. The molecule has 20 rings (SSSR count). The zero-order valence-electron chi connectivity index (χ0n) is 63.8. The molecule has 0 saturated carbocycles. The summed E-state index contributed by atoms with van der Waals surface area (Å²) in [5, 5.41) is 24.3. The maximum Gasteiger partial charge on any atom is 0.141 e. The topological polar surface area (TPSA) is 234 Å². The summed E-state index contributed by atoms with van der Waals surface area (Å²) in [6.45, 7) is 3.93. The summed E-state index contributed by atoms with van der Waals surface area (Å²) in [5.41, 5.74) is 45.2. The first-order chi connectivity index (χ1) is 57.3. The summed E-state index contributed by atoms with van der Waals surface area (Å²) in [7, 11) is 0. The van der Waals surface area contributed by atoms with Gasteiger partial charge in [-0.05, 0) is 270 Å². The van der Waals surface area contributed by atoms with Gasteiger partial charge in [-0.1, -0.05) is 102 Å². The zero-order chi connectivity index (χ0) is 80.3. The van der Waals surface area contributed by atoms with Crippen LogP contribution in [-0.4, -0.2) is 65.9 Å². The summed E-state index contributed by atoms with van der Waals surface area (Å²) in [4.78, 5) is 43.7. The number of halogens is 3. The van der Waals surface area contributed by atoms with Gasteiger partial charge in [-0.2, -0.15) is 0 Å². The lowest BCUT2D eigenvalue weighted by Gasteiger charge is -2.11. The quantitative estimate of drug-likeness (QED) is 0.0737. The molecule has 10 heterocycles. The number of allylic oxidation sites excluding steroid dienone is 2. The fraction of sp³-hybridized carbons (Fsp3) is 0.0808. The van der Waals surface area contributed by atoms with E-state index in [-0.39, 0.29) is 16.9 Å². The Bertz CT molecular complexity index is 6330. The van der Waals surface area contributed by atoms with Crippen molar-refractivity contribution in [2.24, 2.45) is 5.16 Å². The summed E-state index contributed by atoms with van der Waals surface area (Å²) in [6, 6.07) is 76.2. The first-order valence-electron chi connectivity index (χ1n) is 38.2. The third-order valence-electron chi connectivity index (χ3n) is 21.1. The molecule has 0 aliphatic heterocycles. The summed E-state index contributed by atoms with van der Waals surface area (Å²) in [5.74, 6) is -0.668. The molecule has 18 heteroatoms. The van der Waals surface area contributed by atoms with Crippen LogP contribution in [0.4, 0.5) is 20.2 Å². The van der Waals surface area contributed by atoms with E-state index in [4.69, 9.17) is 28.3 Å². The van der Waals surface area contributed by atoms with Crippen molar-refractivity contribution >= 4 is 56.1 Å². The molecule has 0 bridgehead atoms. The molecule has 570 valence electrons. The van der Waals surface area contributed by atoms with Gasteiger partial charge >= 0.3 is 0 Å². The SMILES string of the molecule is CC1=CCc2cc(-c3ncccc3-c3ccncc3)ccc21.Cc1cc(-c2ncccc2-c2ccc3nccc(N)c3c2)ccc1F.Nc1ccnc2ccc(-c3cccnc3-c3ccc(F)c(Cl)c3)cc12.O/N=C1/CCc2cc(-c3ncccc3-c3ccncc3)ccc21.OC1CCc2cc(-c3ncccc3-c3ccncc3)ccc21. The number of fused-ring (bicyclic) bond motifs is 5. The van der Waals surface area contributed by atoms with Crippen LogP contribution in [0.5, 0.6) is 0 Å². The van der Waals surface area contributed by atoms with Gasteiger partial charge in [0.15, 0.2) is 0 Å². The molecule has 3 aliphatic rings. The van der Waals surface area contributed by atoms with Crippen LogP contribution >= 0.6 is 11.6 Å². The number of anilines is 2. The maximum absolute atomic E-state index is 13.6. The standard InChI is InChI=1S/C21H16FN3.C20H13ClFN3.C20H16N2.C19H15N3O.C19H16N2O/c1-13-11-15(4-6-18(13)22)21-16(3-2-9-25-21)14-5-7-20-17(12-14)19(23)8-10-24-20;21-16-11-13(3-5-17(16)22)20-14(2-1-8-25-20)12-4-6-19-15(10-12)18(23)7-9-24-19;1-14-4-5-16-13-17(6-7-18(14)16)20-19(3-2-10-22-20)15-8-11-21-12-9-15;23-22-18-6-4-14-12-15(3-5-16(14)18)19-17(2-1-9-21-19)13-7-10-20-11-8-13;22-18-6-4-14-12-15(3-5-16(14)18)19-17(2-1-9-21-19)13-7-10-20-11-8-13/h2-12H,1H3,(H2,23,24);1-11H,(H2,23,24);2-4,6-13H,5H2,1H3;1-3,5,7-12,23H,4,6H2;1-3,5,7-12,18,22H,4,6H2/b;;;22-18-;. The van der Waals surface area contributed by atoms with E-state index in [9.17, 15) is 13.9 Å². The number of nitrogens with zero attached hydrogens (tertiary/aromatic N) is 11. The maximum atomic E-state index is 13.6. The normalized spacial score (nSPS) is 13.1. The van der Waals surface area contributed by atoms with Crippen molar-refractivity contribution in [2.45, 2.75) is 52.1 Å². The van der Waals surface area contributed by atoms with E-state index < -0.39 is 5.82 Å². The van der Waals surface area contributed by atoms with E-state index in [0.717, 1.165) is 177 Å². The van der Waals surface area contributed by atoms with E-state index >= 15 is 0 Å². The van der Waals surface area contributed by atoms with E-state index in [1.807, 2.05) is 171 Å². The van der Waals surface area contributed by atoms with Gasteiger partial charge in [0.25, 0.3) is 0 Å². The number of hydrogen-bond donors (Lipinski definition) is 4. The molecule has 6 N–H and O–H groups in total. The predicted molar refractivity (Wildman–Crippen MR) is 465 cm³/mol. The Hall–Kier alpha value is -14.5. The van der Waals surface area contributed by atoms with Crippen molar-refractivity contribution in [1.82, 2.24) is 49.8 Å². The van der Waals surface area contributed by atoms with Gasteiger partial charge in [0.2, 0.25) is 0 Å². The zero-order valence-corrected chi connectivity index (χ0v) is 64.6. The Balaban J connectivity index is 0.000000110. The Kier molecular flexibility index (Phi) is 22.8. The average molecular weight is 1550 g/mol. The second-order valence-electron chi connectivity index (χ2n) is 28.4. The Labute approximate surface area is 680 Å². The van der Waals surface area contributed by atoms with Crippen molar-refractivity contribution < 1.29 is 19.1 Å². The van der Waals surface area contributed by atoms with Crippen molar-refractivity contribution in [3.8, 4) is 112 Å². The van der Waals surface area contributed by atoms with E-state index in [1.54, 1.807) is 86.8 Å². The Morgan fingerprint density at radius 3 is 1.22 bits per heavy atom. The van der Waals surface area contributed by atoms with Gasteiger partial charge in [-0.25, -0.2) is 8.78 Å². The number of oxime groups is 1. The van der Waals surface area contributed by atoms with Crippen LogP contribution in [0.25, 0.3) is 139 Å². The fourth-order valence-electron chi connectivity index (χ4n) is 15.2. The lowest BCUT2D eigenvalue weighted by molar-refractivity contribution is 0.180. The highest BCUT2D eigenvalue weighted by molar-refractivity contribution is 6.31. The molecule has 0 saturated heterocycles. The molecule has 1 unspecified atom stereocenters. The molecule has 7 aromatic carbocycles. The molecule has 0 radical (unpaired) electrons. The van der Waals surface area contributed by atoms with Crippen LogP contribution in [0, 0.1) is 18.6 Å². The molecular weight excluding hydrogens is 1480 g/mol. The van der Waals surface area contributed by atoms with E-state index in [2.05, 4.69) is 123 Å². The van der Waals surface area contributed by atoms with Crippen LogP contribution < -0.4 is 11.5 Å². The van der Waals surface area contributed by atoms with Gasteiger partial charge < -0.3 is 21.8 Å². The van der Waals surface area contributed by atoms with Gasteiger partial charge in [-0.15, -0.1) is 0 Å². The summed E-state index contributed by atoms with van der Waals surface area (Å²) >= 11 is 5.93. The lowest BCUT2D eigenvalue weighted by Crippen LogP contribution is -1.95. The molecule has 1 atom stereocenters. The number of aryl methyl sites for hydroxylation is 3. The molecule has 117 heavy (non-hydrogen) atoms. The van der Waals surface area contributed by atoms with Crippen LogP contribution in [0.1, 0.15) is 64.8 Å². The molecule has 0 fully saturated rings. The van der Waals surface area contributed by atoms with Crippen LogP contribution in [0.3, 0.4) is 0 Å². The van der Waals surface area contributed by atoms with Gasteiger partial charge in [0.1, 0.15) is 11.6 Å². The summed E-state index contributed by atoms with van der Waals surface area (Å²) < 4.78 is 27.1. The largest absolute Gasteiger partial charge is 0.411 e. The smallest absolute Gasteiger partial charge is 0.141 e. The van der Waals surface area contributed by atoms with Crippen LogP contribution in [0.2, 0.25) is 5.02 Å². The number of nitrogen functional groups attached to an aromatic ring is 2. The Morgan fingerprint density at radius 2 is 0.761 bits per heavy atom. The van der Waals surface area contributed by atoms with E-state index in [1.165, 1.54) is 45.5 Å². The molecule has 10 aromatic heterocycles. The second kappa shape index (κ2) is 34.8. The number of aliphatic hydroxyl groups excluding tert-OH is 1. The van der Waals surface area contributed by atoms with E-state index in [0.29, 0.717) is 16.9 Å². The number of hydrogen-bond acceptors (Lipinski definition) is 15. The third-order valence-corrected chi connectivity index (χ3v) is 21.4. The third kappa shape index (κ3) is 16.8. The molecular formula is C99H76ClF2N13O2. The predicted octanol–water partition coefficient (Wildman–Crippen LogP) is 22.8. The number of rotatable bonds is 10. The minimum absolute atomic E-state index is 0.0704. The second-order valence-corrected chi connectivity index (χ2v) is 28.8. The number of pyridine rings is 10. The van der Waals surface area contributed by atoms with Crippen molar-refractivity contribution in [1.29, 1.82) is 0 Å². The molecule has 3 aliphatic carbocycles. The Morgan fingerprint density at radius 1 is 0.359 bits per heavy atom. The molecule has 0 amide bonds. The van der Waals surface area contributed by atoms with Crippen molar-refractivity contribution in [3.63, 3.8) is 0 Å². The first kappa shape index (κ1) is 76.5. The van der Waals surface area contributed by atoms with Gasteiger partial charge in [-0.3, -0.25) is 49.8 Å². The molecule has 0 spiro atoms. The highest BCUT2D eigenvalue weighted by atomic mass is 35.5. The van der Waals surface area contributed by atoms with Crippen LogP contribution in [-0.2, 0) is 19.3 Å². The molecule has 17 aromatic rings. The van der Waals surface area contributed by atoms with Gasteiger partial charge in [0.05, 0.1) is 56.3 Å². The minimum atomic E-state index is -0.451. The number of nitrogens with two attached hydrogens (primary N) is 2. The minimum Gasteiger partial charge on any atom is -0.411 e. The fourth-order valence-corrected chi connectivity index (χ4v) is 15.4. The number of aromatic nitrogens is 10.